The molecule has 0 spiro atoms. The van der Waals surface area contributed by atoms with Gasteiger partial charge in [0.15, 0.2) is 24.3 Å². The molecule has 0 saturated carbocycles. The predicted octanol–water partition coefficient (Wildman–Crippen LogP) is 0.358. The lowest BCUT2D eigenvalue weighted by Gasteiger charge is -2.25. The second-order valence-corrected chi connectivity index (χ2v) is 5.02. The van der Waals surface area contributed by atoms with Gasteiger partial charge in [0.2, 0.25) is 0 Å². The van der Waals surface area contributed by atoms with Crippen LogP contribution in [0.15, 0.2) is 0 Å². The summed E-state index contributed by atoms with van der Waals surface area (Å²) < 4.78 is 26.9. The Bertz CT molecular complexity index is 378. The molecule has 7 nitrogen and oxygen atoms in total. The van der Waals surface area contributed by atoms with Crippen LogP contribution >= 0.6 is 0 Å². The van der Waals surface area contributed by atoms with Crippen LogP contribution in [0.2, 0.25) is 0 Å². The second-order valence-electron chi connectivity index (χ2n) is 5.02. The fraction of sp³-hybridized carbons (Fsp3) is 0.833. The van der Waals surface area contributed by atoms with E-state index < -0.39 is 42.3 Å². The van der Waals surface area contributed by atoms with Crippen LogP contribution in [0.5, 0.6) is 0 Å². The molecule has 108 valence electrons. The van der Waals surface area contributed by atoms with Crippen molar-refractivity contribution in [1.82, 2.24) is 0 Å². The molecule has 2 saturated heterocycles. The van der Waals surface area contributed by atoms with Crippen molar-refractivity contribution in [2.24, 2.45) is 0 Å². The van der Waals surface area contributed by atoms with Gasteiger partial charge in [-0.1, -0.05) is 0 Å². The SMILES string of the molecule is CC(=O)OC[C@H]1O[C@@H]2OC(C)(C)O[C@H]2[C@@H]1OC(C)=O. The van der Waals surface area contributed by atoms with Crippen molar-refractivity contribution >= 4 is 11.9 Å². The van der Waals surface area contributed by atoms with Gasteiger partial charge in [-0.2, -0.15) is 0 Å². The van der Waals surface area contributed by atoms with E-state index in [0.29, 0.717) is 0 Å². The van der Waals surface area contributed by atoms with Crippen molar-refractivity contribution in [2.45, 2.75) is 58.1 Å². The molecule has 2 aliphatic heterocycles. The van der Waals surface area contributed by atoms with Crippen LogP contribution in [0.1, 0.15) is 27.7 Å². The monoisotopic (exact) mass is 274 g/mol. The third-order valence-electron chi connectivity index (χ3n) is 2.84. The van der Waals surface area contributed by atoms with Gasteiger partial charge in [-0.15, -0.1) is 0 Å². The number of rotatable bonds is 3. The largest absolute Gasteiger partial charge is 0.463 e. The normalized spacial score (nSPS) is 35.8. The van der Waals surface area contributed by atoms with Gasteiger partial charge < -0.3 is 23.7 Å². The smallest absolute Gasteiger partial charge is 0.303 e. The molecule has 0 amide bonds. The number of esters is 2. The molecular weight excluding hydrogens is 256 g/mol. The van der Waals surface area contributed by atoms with Crippen molar-refractivity contribution < 1.29 is 33.3 Å². The first-order chi connectivity index (χ1) is 8.78. The molecule has 2 heterocycles. The van der Waals surface area contributed by atoms with Crippen LogP contribution in [0.3, 0.4) is 0 Å². The zero-order valence-corrected chi connectivity index (χ0v) is 11.4. The first kappa shape index (κ1) is 14.2. The summed E-state index contributed by atoms with van der Waals surface area (Å²) in [5.74, 6) is -1.67. The van der Waals surface area contributed by atoms with Crippen LogP contribution in [0.4, 0.5) is 0 Å². The lowest BCUT2D eigenvalue weighted by molar-refractivity contribution is -0.223. The van der Waals surface area contributed by atoms with E-state index in [1.54, 1.807) is 13.8 Å². The topological polar surface area (TPSA) is 80.3 Å². The van der Waals surface area contributed by atoms with Gasteiger partial charge >= 0.3 is 11.9 Å². The third kappa shape index (κ3) is 3.23. The van der Waals surface area contributed by atoms with Gasteiger partial charge in [0.05, 0.1) is 0 Å². The summed E-state index contributed by atoms with van der Waals surface area (Å²) in [6.45, 7) is 6.10. The van der Waals surface area contributed by atoms with Crippen LogP contribution in [0.25, 0.3) is 0 Å². The van der Waals surface area contributed by atoms with E-state index in [0.717, 1.165) is 0 Å². The Morgan fingerprint density at radius 2 is 1.84 bits per heavy atom. The predicted molar refractivity (Wildman–Crippen MR) is 60.9 cm³/mol. The summed E-state index contributed by atoms with van der Waals surface area (Å²) in [6.07, 6.45) is -2.37. The van der Waals surface area contributed by atoms with Crippen LogP contribution < -0.4 is 0 Å². The molecule has 0 N–H and O–H groups in total. The Hall–Kier alpha value is -1.18. The Morgan fingerprint density at radius 3 is 2.42 bits per heavy atom. The number of ether oxygens (including phenoxy) is 5. The summed E-state index contributed by atoms with van der Waals surface area (Å²) in [7, 11) is 0. The van der Waals surface area contributed by atoms with Crippen molar-refractivity contribution in [3.8, 4) is 0 Å². The molecule has 0 bridgehead atoms. The fourth-order valence-electron chi connectivity index (χ4n) is 2.21. The van der Waals surface area contributed by atoms with E-state index in [1.165, 1.54) is 13.8 Å². The molecular formula is C12H18O7. The van der Waals surface area contributed by atoms with Crippen molar-refractivity contribution in [2.75, 3.05) is 6.61 Å². The standard InChI is InChI=1S/C12H18O7/c1-6(13)15-5-8-9(16-7(2)14)10-11(17-8)19-12(3,4)18-10/h8-11H,5H2,1-4H3/t8-,9-,10+,11-/m1/s1. The molecule has 0 aliphatic carbocycles. The zero-order valence-electron chi connectivity index (χ0n) is 11.4. The summed E-state index contributed by atoms with van der Waals surface area (Å²) in [5, 5.41) is 0. The number of carbonyl (C=O) groups excluding carboxylic acids is 2. The summed E-state index contributed by atoms with van der Waals surface area (Å²) in [6, 6.07) is 0. The van der Waals surface area contributed by atoms with E-state index >= 15 is 0 Å². The van der Waals surface area contributed by atoms with Crippen molar-refractivity contribution in [3.63, 3.8) is 0 Å². The minimum atomic E-state index is -0.792. The average molecular weight is 274 g/mol. The molecule has 0 aromatic rings. The van der Waals surface area contributed by atoms with E-state index in [4.69, 9.17) is 23.7 Å². The Balaban J connectivity index is 2.05. The van der Waals surface area contributed by atoms with Gasteiger partial charge in [-0.3, -0.25) is 9.59 Å². The Kier molecular flexibility index (Phi) is 3.80. The zero-order chi connectivity index (χ0) is 14.2. The molecule has 2 rings (SSSR count). The number of fused-ring (bicyclic) bond motifs is 1. The van der Waals surface area contributed by atoms with Crippen LogP contribution in [-0.2, 0) is 33.3 Å². The van der Waals surface area contributed by atoms with Gasteiger partial charge in [0.1, 0.15) is 12.7 Å². The maximum atomic E-state index is 11.2. The van der Waals surface area contributed by atoms with E-state index in [-0.39, 0.29) is 6.61 Å². The minimum absolute atomic E-state index is 0.00652. The number of carbonyl (C=O) groups is 2. The molecule has 0 aromatic heterocycles. The van der Waals surface area contributed by atoms with Crippen molar-refractivity contribution in [1.29, 1.82) is 0 Å². The Morgan fingerprint density at radius 1 is 1.16 bits per heavy atom. The minimum Gasteiger partial charge on any atom is -0.463 e. The molecule has 0 radical (unpaired) electrons. The summed E-state index contributed by atoms with van der Waals surface area (Å²) in [5.41, 5.74) is 0. The van der Waals surface area contributed by atoms with Gasteiger partial charge in [0, 0.05) is 13.8 Å². The molecule has 0 aromatic carbocycles. The third-order valence-corrected chi connectivity index (χ3v) is 2.84. The molecule has 2 aliphatic rings. The molecule has 19 heavy (non-hydrogen) atoms. The van der Waals surface area contributed by atoms with Gasteiger partial charge in [0.25, 0.3) is 0 Å². The highest BCUT2D eigenvalue weighted by molar-refractivity contribution is 5.66. The number of hydrogen-bond donors (Lipinski definition) is 0. The fourth-order valence-corrected chi connectivity index (χ4v) is 2.21. The summed E-state index contributed by atoms with van der Waals surface area (Å²) in [4.78, 5) is 22.0. The average Bonchev–Trinajstić information content (AvgIpc) is 2.69. The maximum Gasteiger partial charge on any atom is 0.303 e. The first-order valence-corrected chi connectivity index (χ1v) is 6.10. The molecule has 4 atom stereocenters. The van der Waals surface area contributed by atoms with Crippen LogP contribution in [0, 0.1) is 0 Å². The highest BCUT2D eigenvalue weighted by Crippen LogP contribution is 2.38. The number of hydrogen-bond acceptors (Lipinski definition) is 7. The first-order valence-electron chi connectivity index (χ1n) is 6.10. The molecule has 0 unspecified atom stereocenters. The molecule has 7 heteroatoms. The van der Waals surface area contributed by atoms with E-state index in [2.05, 4.69) is 0 Å². The van der Waals surface area contributed by atoms with E-state index in [1.807, 2.05) is 0 Å². The quantitative estimate of drug-likeness (QED) is 0.687. The second kappa shape index (κ2) is 5.07. The maximum absolute atomic E-state index is 11.2. The molecule has 2 fully saturated rings. The highest BCUT2D eigenvalue weighted by atomic mass is 16.8. The summed E-state index contributed by atoms with van der Waals surface area (Å²) >= 11 is 0. The Labute approximate surface area is 111 Å². The lowest BCUT2D eigenvalue weighted by Crippen LogP contribution is -2.40. The van der Waals surface area contributed by atoms with E-state index in [9.17, 15) is 9.59 Å². The van der Waals surface area contributed by atoms with Gasteiger partial charge in [-0.25, -0.2) is 0 Å². The lowest BCUT2D eigenvalue weighted by atomic mass is 10.1. The van der Waals surface area contributed by atoms with Crippen molar-refractivity contribution in [3.05, 3.63) is 0 Å². The van der Waals surface area contributed by atoms with Crippen LogP contribution in [-0.4, -0.2) is 48.9 Å². The van der Waals surface area contributed by atoms with Gasteiger partial charge in [-0.05, 0) is 13.8 Å². The highest BCUT2D eigenvalue weighted by Gasteiger charge is 2.56.